The molecule has 0 unspecified atom stereocenters. The van der Waals surface area contributed by atoms with Gasteiger partial charge in [0.15, 0.2) is 0 Å². The Morgan fingerprint density at radius 1 is 1.50 bits per heavy atom. The Hall–Kier alpha value is -1.06. The normalized spacial score (nSPS) is 10.8. The molecule has 4 heteroatoms. The maximum atomic E-state index is 5.86. The number of nitrogens with one attached hydrogen (secondary N) is 1. The molecule has 3 N–H and O–H groups in total. The Morgan fingerprint density at radius 2 is 2.33 bits per heavy atom. The molecule has 0 aliphatic heterocycles. The van der Waals surface area contributed by atoms with E-state index in [2.05, 4.69) is 10.2 Å². The first-order chi connectivity index (χ1) is 5.81. The third-order valence-corrected chi connectivity index (χ3v) is 2.03. The number of rotatable bonds is 1. The molecule has 0 saturated heterocycles. The van der Waals surface area contributed by atoms with Crippen molar-refractivity contribution >= 4 is 22.5 Å². The number of H-pyrrole nitrogens is 1. The molecule has 0 amide bonds. The molecule has 0 aliphatic rings. The van der Waals surface area contributed by atoms with Crippen molar-refractivity contribution in [2.24, 2.45) is 5.73 Å². The maximum Gasteiger partial charge on any atom is 0.0696 e. The first kappa shape index (κ1) is 7.58. The molecule has 2 rings (SSSR count). The molecule has 3 nitrogen and oxygen atoms in total. The molecule has 12 heavy (non-hydrogen) atoms. The molecular weight excluding hydrogens is 174 g/mol. The van der Waals surface area contributed by atoms with Crippen molar-refractivity contribution in [3.8, 4) is 0 Å². The SMILES string of the molecule is NCc1cc(Cl)cc2cn[nH]c12. The molecule has 0 bridgehead atoms. The molecular formula is C8H8ClN3. The van der Waals surface area contributed by atoms with Gasteiger partial charge >= 0.3 is 0 Å². The van der Waals surface area contributed by atoms with Crippen LogP contribution in [0.25, 0.3) is 10.9 Å². The Bertz CT molecular complexity index is 408. The van der Waals surface area contributed by atoms with Crippen molar-refractivity contribution < 1.29 is 0 Å². The second-order valence-electron chi connectivity index (χ2n) is 2.60. The number of halogens is 1. The van der Waals surface area contributed by atoms with E-state index in [9.17, 15) is 0 Å². The fraction of sp³-hybridized carbons (Fsp3) is 0.125. The van der Waals surface area contributed by atoms with Crippen LogP contribution >= 0.6 is 11.6 Å². The van der Waals surface area contributed by atoms with Gasteiger partial charge in [0.1, 0.15) is 0 Å². The number of nitrogens with zero attached hydrogens (tertiary/aromatic N) is 1. The summed E-state index contributed by atoms with van der Waals surface area (Å²) in [4.78, 5) is 0. The van der Waals surface area contributed by atoms with Gasteiger partial charge in [-0.1, -0.05) is 11.6 Å². The summed E-state index contributed by atoms with van der Waals surface area (Å²) in [6, 6.07) is 3.71. The van der Waals surface area contributed by atoms with Crippen LogP contribution in [0.3, 0.4) is 0 Å². The molecule has 1 aromatic carbocycles. The van der Waals surface area contributed by atoms with Crippen LogP contribution < -0.4 is 5.73 Å². The lowest BCUT2D eigenvalue weighted by Gasteiger charge is -1.98. The Balaban J connectivity index is 2.80. The summed E-state index contributed by atoms with van der Waals surface area (Å²) in [5.41, 5.74) is 7.51. The summed E-state index contributed by atoms with van der Waals surface area (Å²) in [6.45, 7) is 0.471. The van der Waals surface area contributed by atoms with E-state index in [4.69, 9.17) is 17.3 Å². The topological polar surface area (TPSA) is 54.7 Å². The lowest BCUT2D eigenvalue weighted by Crippen LogP contribution is -1.97. The third kappa shape index (κ3) is 1.07. The van der Waals surface area contributed by atoms with Crippen molar-refractivity contribution in [2.45, 2.75) is 6.54 Å². The Morgan fingerprint density at radius 3 is 3.08 bits per heavy atom. The average Bonchev–Trinajstić information content (AvgIpc) is 2.50. The molecule has 0 fully saturated rings. The summed E-state index contributed by atoms with van der Waals surface area (Å²) < 4.78 is 0. The van der Waals surface area contributed by atoms with Crippen molar-refractivity contribution in [1.29, 1.82) is 0 Å². The number of aromatic amines is 1. The molecule has 1 aromatic heterocycles. The first-order valence-electron chi connectivity index (χ1n) is 3.63. The second kappa shape index (κ2) is 2.77. The summed E-state index contributed by atoms with van der Waals surface area (Å²) in [5.74, 6) is 0. The van der Waals surface area contributed by atoms with Gasteiger partial charge in [0, 0.05) is 17.0 Å². The lowest BCUT2D eigenvalue weighted by molar-refractivity contribution is 1.06. The zero-order valence-electron chi connectivity index (χ0n) is 6.34. The highest BCUT2D eigenvalue weighted by Crippen LogP contribution is 2.21. The number of nitrogens with two attached hydrogens (primary N) is 1. The highest BCUT2D eigenvalue weighted by molar-refractivity contribution is 6.31. The van der Waals surface area contributed by atoms with Gasteiger partial charge in [0.25, 0.3) is 0 Å². The molecule has 0 saturated carbocycles. The zero-order valence-corrected chi connectivity index (χ0v) is 7.10. The van der Waals surface area contributed by atoms with E-state index in [1.807, 2.05) is 12.1 Å². The largest absolute Gasteiger partial charge is 0.326 e. The van der Waals surface area contributed by atoms with Gasteiger partial charge in [-0.05, 0) is 17.7 Å². The molecule has 0 radical (unpaired) electrons. The van der Waals surface area contributed by atoms with E-state index < -0.39 is 0 Å². The van der Waals surface area contributed by atoms with Gasteiger partial charge in [-0.2, -0.15) is 5.10 Å². The van der Waals surface area contributed by atoms with Crippen LogP contribution in [0.5, 0.6) is 0 Å². The van der Waals surface area contributed by atoms with Gasteiger partial charge in [-0.3, -0.25) is 5.10 Å². The van der Waals surface area contributed by atoms with E-state index in [0.29, 0.717) is 11.6 Å². The monoisotopic (exact) mass is 181 g/mol. The Labute approximate surface area is 74.5 Å². The second-order valence-corrected chi connectivity index (χ2v) is 3.04. The number of benzene rings is 1. The molecule has 2 aromatic rings. The van der Waals surface area contributed by atoms with E-state index >= 15 is 0 Å². The molecule has 0 spiro atoms. The predicted molar refractivity (Wildman–Crippen MR) is 49.0 cm³/mol. The van der Waals surface area contributed by atoms with Crippen LogP contribution in [0, 0.1) is 0 Å². The highest BCUT2D eigenvalue weighted by Gasteiger charge is 2.02. The number of fused-ring (bicyclic) bond motifs is 1. The van der Waals surface area contributed by atoms with Crippen molar-refractivity contribution in [3.05, 3.63) is 28.9 Å². The highest BCUT2D eigenvalue weighted by atomic mass is 35.5. The van der Waals surface area contributed by atoms with Crippen LogP contribution in [-0.4, -0.2) is 10.2 Å². The molecule has 0 atom stereocenters. The van der Waals surface area contributed by atoms with Gasteiger partial charge in [-0.15, -0.1) is 0 Å². The lowest BCUT2D eigenvalue weighted by atomic mass is 10.1. The van der Waals surface area contributed by atoms with E-state index in [1.54, 1.807) is 6.20 Å². The van der Waals surface area contributed by atoms with E-state index in [1.165, 1.54) is 0 Å². The first-order valence-corrected chi connectivity index (χ1v) is 4.00. The fourth-order valence-corrected chi connectivity index (χ4v) is 1.50. The van der Waals surface area contributed by atoms with Gasteiger partial charge in [0.2, 0.25) is 0 Å². The van der Waals surface area contributed by atoms with Crippen LogP contribution in [0.4, 0.5) is 0 Å². The minimum Gasteiger partial charge on any atom is -0.326 e. The minimum atomic E-state index is 0.471. The molecule has 0 aliphatic carbocycles. The van der Waals surface area contributed by atoms with Crippen LogP contribution in [-0.2, 0) is 6.54 Å². The number of hydrogen-bond acceptors (Lipinski definition) is 2. The van der Waals surface area contributed by atoms with Crippen molar-refractivity contribution in [3.63, 3.8) is 0 Å². The van der Waals surface area contributed by atoms with Crippen LogP contribution in [0.15, 0.2) is 18.3 Å². The maximum absolute atomic E-state index is 5.86. The van der Waals surface area contributed by atoms with Crippen molar-refractivity contribution in [2.75, 3.05) is 0 Å². The predicted octanol–water partition coefficient (Wildman–Crippen LogP) is 1.67. The van der Waals surface area contributed by atoms with Crippen molar-refractivity contribution in [1.82, 2.24) is 10.2 Å². The molecule has 1 heterocycles. The fourth-order valence-electron chi connectivity index (χ4n) is 1.25. The smallest absolute Gasteiger partial charge is 0.0696 e. The van der Waals surface area contributed by atoms with Gasteiger partial charge < -0.3 is 5.73 Å². The number of hydrogen-bond donors (Lipinski definition) is 2. The quantitative estimate of drug-likeness (QED) is 0.703. The summed E-state index contributed by atoms with van der Waals surface area (Å²) in [6.07, 6.45) is 1.74. The minimum absolute atomic E-state index is 0.471. The van der Waals surface area contributed by atoms with E-state index in [-0.39, 0.29) is 0 Å². The molecule has 62 valence electrons. The summed E-state index contributed by atoms with van der Waals surface area (Å²) >= 11 is 5.86. The van der Waals surface area contributed by atoms with Crippen LogP contribution in [0.2, 0.25) is 5.02 Å². The van der Waals surface area contributed by atoms with Gasteiger partial charge in [0.05, 0.1) is 11.7 Å². The van der Waals surface area contributed by atoms with Gasteiger partial charge in [-0.25, -0.2) is 0 Å². The van der Waals surface area contributed by atoms with Crippen LogP contribution in [0.1, 0.15) is 5.56 Å². The Kier molecular flexibility index (Phi) is 1.75. The number of aromatic nitrogens is 2. The summed E-state index contributed by atoms with van der Waals surface area (Å²) in [7, 11) is 0. The summed E-state index contributed by atoms with van der Waals surface area (Å²) in [5, 5.41) is 8.49. The zero-order chi connectivity index (χ0) is 8.55. The van der Waals surface area contributed by atoms with E-state index in [0.717, 1.165) is 16.5 Å². The standard InChI is InChI=1S/C8H8ClN3/c9-7-1-5(3-10)8-6(2-7)4-11-12-8/h1-2,4H,3,10H2,(H,11,12). The third-order valence-electron chi connectivity index (χ3n) is 1.82. The average molecular weight is 182 g/mol.